The number of phenols is 1. The fourth-order valence-electron chi connectivity index (χ4n) is 4.68. The molecule has 3 heterocycles. The van der Waals surface area contributed by atoms with Crippen LogP contribution in [0.5, 0.6) is 5.75 Å². The first-order valence-electron chi connectivity index (χ1n) is 10.7. The molecule has 1 atom stereocenters. The molecule has 2 aliphatic rings. The fraction of sp³-hybridized carbons (Fsp3) is 0.333. The van der Waals surface area contributed by atoms with E-state index in [9.17, 15) is 10.2 Å². The number of phenolic OH excluding ortho intramolecular Hbond substituents is 1. The van der Waals surface area contributed by atoms with Crippen LogP contribution >= 0.6 is 0 Å². The molecule has 1 unspecified atom stereocenters. The zero-order valence-corrected chi connectivity index (χ0v) is 17.5. The maximum atomic E-state index is 10.0. The molecular formula is C24H27N5O2. The number of nitrogens with zero attached hydrogens (tertiary/aromatic N) is 5. The lowest BCUT2D eigenvalue weighted by Gasteiger charge is -2.39. The first kappa shape index (κ1) is 19.8. The van der Waals surface area contributed by atoms with Gasteiger partial charge in [-0.2, -0.15) is 0 Å². The third-order valence-electron chi connectivity index (χ3n) is 6.37. The maximum absolute atomic E-state index is 10.0. The molecule has 7 nitrogen and oxygen atoms in total. The maximum Gasteiger partial charge on any atom is 0.135 e. The Bertz CT molecular complexity index is 1110. The molecule has 0 spiro atoms. The molecule has 0 bridgehead atoms. The highest BCUT2D eigenvalue weighted by Crippen LogP contribution is 2.34. The highest BCUT2D eigenvalue weighted by Gasteiger charge is 2.27. The molecule has 0 radical (unpaired) electrons. The van der Waals surface area contributed by atoms with Crippen molar-refractivity contribution in [3.05, 3.63) is 66.6 Å². The van der Waals surface area contributed by atoms with Gasteiger partial charge in [0, 0.05) is 49.4 Å². The monoisotopic (exact) mass is 417 g/mol. The van der Waals surface area contributed by atoms with E-state index in [4.69, 9.17) is 0 Å². The fourth-order valence-corrected chi connectivity index (χ4v) is 4.68. The van der Waals surface area contributed by atoms with Crippen LogP contribution in [-0.4, -0.2) is 64.0 Å². The molecule has 2 aromatic carbocycles. The first-order valence-corrected chi connectivity index (χ1v) is 10.7. The molecule has 7 heteroatoms. The van der Waals surface area contributed by atoms with E-state index < -0.39 is 6.23 Å². The summed E-state index contributed by atoms with van der Waals surface area (Å²) in [4.78, 5) is 15.9. The Morgan fingerprint density at radius 3 is 2.65 bits per heavy atom. The van der Waals surface area contributed by atoms with Gasteiger partial charge in [-0.15, -0.1) is 0 Å². The summed E-state index contributed by atoms with van der Waals surface area (Å²) in [6, 6.07) is 11.8. The van der Waals surface area contributed by atoms with Crippen LogP contribution in [0.1, 0.15) is 11.3 Å². The largest absolute Gasteiger partial charge is 0.508 e. The summed E-state index contributed by atoms with van der Waals surface area (Å²) in [5, 5.41) is 22.2. The smallest absolute Gasteiger partial charge is 0.135 e. The minimum atomic E-state index is -0.588. The summed E-state index contributed by atoms with van der Waals surface area (Å²) in [6.45, 7) is 8.46. The summed E-state index contributed by atoms with van der Waals surface area (Å²) < 4.78 is 0. The normalized spacial score (nSPS) is 18.1. The Balaban J connectivity index is 1.39. The molecule has 0 saturated carbocycles. The van der Waals surface area contributed by atoms with Gasteiger partial charge in [-0.3, -0.25) is 4.90 Å². The van der Waals surface area contributed by atoms with Crippen molar-refractivity contribution < 1.29 is 10.2 Å². The van der Waals surface area contributed by atoms with Crippen molar-refractivity contribution in [2.75, 3.05) is 42.5 Å². The number of benzene rings is 2. The van der Waals surface area contributed by atoms with Gasteiger partial charge in [0.1, 0.15) is 24.1 Å². The zero-order valence-electron chi connectivity index (χ0n) is 17.5. The van der Waals surface area contributed by atoms with Crippen molar-refractivity contribution in [2.24, 2.45) is 0 Å². The number of aromatic hydroxyl groups is 1. The zero-order chi connectivity index (χ0) is 21.4. The summed E-state index contributed by atoms with van der Waals surface area (Å²) in [5.41, 5.74) is 3.40. The lowest BCUT2D eigenvalue weighted by Crippen LogP contribution is -2.50. The van der Waals surface area contributed by atoms with E-state index in [-0.39, 0.29) is 5.75 Å². The molecule has 0 aliphatic carbocycles. The molecule has 3 aromatic rings. The van der Waals surface area contributed by atoms with Gasteiger partial charge in [0.2, 0.25) is 0 Å². The van der Waals surface area contributed by atoms with Crippen LogP contribution in [0.15, 0.2) is 55.4 Å². The van der Waals surface area contributed by atoms with E-state index in [0.29, 0.717) is 0 Å². The lowest BCUT2D eigenvalue weighted by atomic mass is 10.0. The van der Waals surface area contributed by atoms with Crippen molar-refractivity contribution in [1.29, 1.82) is 0 Å². The Morgan fingerprint density at radius 1 is 1.00 bits per heavy atom. The Hall–Kier alpha value is -3.16. The first-order chi connectivity index (χ1) is 15.1. The van der Waals surface area contributed by atoms with E-state index in [0.717, 1.165) is 73.7 Å². The van der Waals surface area contributed by atoms with Gasteiger partial charge in [-0.1, -0.05) is 24.8 Å². The molecule has 0 amide bonds. The van der Waals surface area contributed by atoms with Gasteiger partial charge >= 0.3 is 0 Å². The van der Waals surface area contributed by atoms with E-state index in [1.807, 2.05) is 17.0 Å². The molecule has 31 heavy (non-hydrogen) atoms. The van der Waals surface area contributed by atoms with Crippen LogP contribution in [0.25, 0.3) is 10.8 Å². The average Bonchev–Trinajstić information content (AvgIpc) is 2.82. The van der Waals surface area contributed by atoms with Gasteiger partial charge in [-0.25, -0.2) is 9.97 Å². The van der Waals surface area contributed by atoms with Gasteiger partial charge in [0.15, 0.2) is 0 Å². The second-order valence-corrected chi connectivity index (χ2v) is 8.15. The van der Waals surface area contributed by atoms with Crippen molar-refractivity contribution in [2.45, 2.75) is 19.2 Å². The Labute approximate surface area is 181 Å². The van der Waals surface area contributed by atoms with Crippen LogP contribution in [0, 0.1) is 0 Å². The topological polar surface area (TPSA) is 76.0 Å². The minimum Gasteiger partial charge on any atom is -0.508 e. The number of aliphatic hydroxyl groups is 1. The van der Waals surface area contributed by atoms with Crippen molar-refractivity contribution in [1.82, 2.24) is 14.9 Å². The molecule has 2 aliphatic heterocycles. The summed E-state index contributed by atoms with van der Waals surface area (Å²) in [7, 11) is 0. The summed E-state index contributed by atoms with van der Waals surface area (Å²) >= 11 is 0. The van der Waals surface area contributed by atoms with Crippen molar-refractivity contribution in [3.63, 3.8) is 0 Å². The van der Waals surface area contributed by atoms with Crippen LogP contribution in [-0.2, 0) is 13.0 Å². The molecule has 5 rings (SSSR count). The van der Waals surface area contributed by atoms with E-state index in [1.165, 1.54) is 5.56 Å². The van der Waals surface area contributed by atoms with Crippen LogP contribution in [0.3, 0.4) is 0 Å². The van der Waals surface area contributed by atoms with Gasteiger partial charge in [0.05, 0.1) is 12.2 Å². The number of hydrogen-bond acceptors (Lipinski definition) is 7. The standard InChI is InChI=1S/C24H27N5O2/c1-2-23(31)27-10-12-28(13-11-27)24-19-8-9-29(15-21(19)25-16-26-24)22-5-3-4-17-6-7-18(30)14-20(17)22/h2-7,14,16,23,30-31H,1,8-13,15H2. The van der Waals surface area contributed by atoms with Crippen LogP contribution < -0.4 is 9.80 Å². The number of anilines is 2. The van der Waals surface area contributed by atoms with E-state index in [2.05, 4.69) is 44.5 Å². The number of hydrogen-bond donors (Lipinski definition) is 2. The number of piperazine rings is 1. The Morgan fingerprint density at radius 2 is 1.84 bits per heavy atom. The molecular weight excluding hydrogens is 390 g/mol. The third kappa shape index (κ3) is 3.71. The van der Waals surface area contributed by atoms with Crippen LogP contribution in [0.2, 0.25) is 0 Å². The molecule has 1 aromatic heterocycles. The quantitative estimate of drug-likeness (QED) is 0.632. The second kappa shape index (κ2) is 8.17. The van der Waals surface area contributed by atoms with Gasteiger partial charge < -0.3 is 20.0 Å². The summed E-state index contributed by atoms with van der Waals surface area (Å²) in [5.74, 6) is 1.30. The third-order valence-corrected chi connectivity index (χ3v) is 6.37. The van der Waals surface area contributed by atoms with Crippen LogP contribution in [0.4, 0.5) is 11.5 Å². The molecule has 1 saturated heterocycles. The minimum absolute atomic E-state index is 0.280. The van der Waals surface area contributed by atoms with Gasteiger partial charge in [-0.05, 0) is 36.1 Å². The number of rotatable bonds is 4. The highest BCUT2D eigenvalue weighted by atomic mass is 16.3. The van der Waals surface area contributed by atoms with E-state index >= 15 is 0 Å². The average molecular weight is 418 g/mol. The summed E-state index contributed by atoms with van der Waals surface area (Å²) in [6.07, 6.45) is 3.52. The molecule has 160 valence electrons. The number of aliphatic hydroxyl groups excluding tert-OH is 1. The molecule has 1 fully saturated rings. The predicted octanol–water partition coefficient (Wildman–Crippen LogP) is 2.52. The Kier molecular flexibility index (Phi) is 5.21. The number of fused-ring (bicyclic) bond motifs is 2. The number of aromatic nitrogens is 2. The van der Waals surface area contributed by atoms with Crippen molar-refractivity contribution in [3.8, 4) is 5.75 Å². The predicted molar refractivity (Wildman–Crippen MR) is 122 cm³/mol. The molecule has 2 N–H and O–H groups in total. The SMILES string of the molecule is C=CC(O)N1CCN(c2ncnc3c2CCN(c2cccc4ccc(O)cc24)C3)CC1. The van der Waals surface area contributed by atoms with Gasteiger partial charge in [0.25, 0.3) is 0 Å². The van der Waals surface area contributed by atoms with Crippen molar-refractivity contribution >= 4 is 22.3 Å². The lowest BCUT2D eigenvalue weighted by molar-refractivity contribution is 0.0379. The second-order valence-electron chi connectivity index (χ2n) is 8.15. The van der Waals surface area contributed by atoms with E-state index in [1.54, 1.807) is 18.5 Å². The highest BCUT2D eigenvalue weighted by molar-refractivity contribution is 5.95.